The van der Waals surface area contributed by atoms with Crippen molar-refractivity contribution in [1.29, 1.82) is 0 Å². The highest BCUT2D eigenvalue weighted by molar-refractivity contribution is 6.14. The van der Waals surface area contributed by atoms with Crippen molar-refractivity contribution >= 4 is 29.1 Å². The number of fused-ring (bicyclic) bond motifs is 1. The zero-order valence-corrected chi connectivity index (χ0v) is 17.0. The summed E-state index contributed by atoms with van der Waals surface area (Å²) in [6, 6.07) is 5.73. The van der Waals surface area contributed by atoms with Crippen LogP contribution in [0.15, 0.2) is 42.5 Å². The highest BCUT2D eigenvalue weighted by Crippen LogP contribution is 2.54. The van der Waals surface area contributed by atoms with Crippen LogP contribution in [0.5, 0.6) is 0 Å². The van der Waals surface area contributed by atoms with Gasteiger partial charge in [-0.3, -0.25) is 4.79 Å². The Morgan fingerprint density at radius 2 is 1.42 bits per heavy atom. The van der Waals surface area contributed by atoms with Gasteiger partial charge in [0.15, 0.2) is 5.69 Å². The van der Waals surface area contributed by atoms with Gasteiger partial charge in [0.2, 0.25) is 5.78 Å². The fraction of sp³-hybridized carbons (Fsp3) is 0.150. The molecule has 0 unspecified atom stereocenters. The van der Waals surface area contributed by atoms with Crippen molar-refractivity contribution in [3.05, 3.63) is 80.5 Å². The first-order chi connectivity index (χ1) is 16.4. The van der Waals surface area contributed by atoms with Crippen LogP contribution in [0.2, 0.25) is 0 Å². The van der Waals surface area contributed by atoms with Gasteiger partial charge < -0.3 is 20.3 Å². The molecule has 1 aromatic carbocycles. The standard InChI is InChI=1S/C20H9F7N2O7/c21-18(22,19(23,24)20(25,26)27)13-12(17(33)34)10-6-9(16(31)32)7-11(29(35)36)28(10)14(13)15(30)8-4-2-1-3-5-8/h1-7H,(H,31,32)(H,33,34). The zero-order valence-electron chi connectivity index (χ0n) is 17.0. The Kier molecular flexibility index (Phi) is 6.03. The van der Waals surface area contributed by atoms with E-state index in [2.05, 4.69) is 0 Å². The molecule has 0 bridgehead atoms. The molecule has 9 nitrogen and oxygen atoms in total. The van der Waals surface area contributed by atoms with E-state index in [0.29, 0.717) is 0 Å². The van der Waals surface area contributed by atoms with Gasteiger partial charge in [0.1, 0.15) is 11.1 Å². The quantitative estimate of drug-likeness (QED) is 0.197. The van der Waals surface area contributed by atoms with Crippen LogP contribution >= 0.6 is 0 Å². The minimum atomic E-state index is -6.97. The molecule has 36 heavy (non-hydrogen) atoms. The number of carboxylic acids is 2. The van der Waals surface area contributed by atoms with Crippen LogP contribution in [0.3, 0.4) is 0 Å². The van der Waals surface area contributed by atoms with Crippen molar-refractivity contribution in [1.82, 2.24) is 4.40 Å². The molecule has 0 radical (unpaired) electrons. The van der Waals surface area contributed by atoms with Gasteiger partial charge in [-0.05, 0) is 4.92 Å². The molecule has 2 heterocycles. The largest absolute Gasteiger partial charge is 0.478 e. The summed E-state index contributed by atoms with van der Waals surface area (Å²) in [4.78, 5) is 46.5. The van der Waals surface area contributed by atoms with Gasteiger partial charge in [-0.15, -0.1) is 0 Å². The van der Waals surface area contributed by atoms with Crippen molar-refractivity contribution in [2.45, 2.75) is 18.0 Å². The molecular formula is C20H9F7N2O7. The summed E-state index contributed by atoms with van der Waals surface area (Å²) in [5, 5.41) is 30.3. The Morgan fingerprint density at radius 1 is 0.861 bits per heavy atom. The third-order valence-corrected chi connectivity index (χ3v) is 4.98. The van der Waals surface area contributed by atoms with Gasteiger partial charge in [-0.1, -0.05) is 30.3 Å². The molecule has 3 aromatic rings. The molecule has 0 amide bonds. The highest BCUT2D eigenvalue weighted by atomic mass is 19.4. The highest BCUT2D eigenvalue weighted by Gasteiger charge is 2.75. The smallest absolute Gasteiger partial charge is 0.460 e. The van der Waals surface area contributed by atoms with Crippen LogP contribution in [0, 0.1) is 10.1 Å². The molecule has 0 atom stereocenters. The number of halogens is 7. The Bertz CT molecular complexity index is 1430. The second-order valence-corrected chi connectivity index (χ2v) is 7.13. The topological polar surface area (TPSA) is 139 Å². The summed E-state index contributed by atoms with van der Waals surface area (Å²) < 4.78 is 96.9. The summed E-state index contributed by atoms with van der Waals surface area (Å²) in [5.74, 6) is -21.3. The molecule has 2 aromatic heterocycles. The van der Waals surface area contributed by atoms with Crippen LogP contribution in [-0.2, 0) is 5.92 Å². The first kappa shape index (κ1) is 26.1. The Balaban J connectivity index is 2.69. The fourth-order valence-electron chi connectivity index (χ4n) is 3.41. The normalized spacial score (nSPS) is 12.5. The molecule has 0 spiro atoms. The third-order valence-electron chi connectivity index (χ3n) is 4.98. The van der Waals surface area contributed by atoms with Gasteiger partial charge >= 0.3 is 35.8 Å². The monoisotopic (exact) mass is 522 g/mol. The molecule has 3 rings (SSSR count). The number of carbonyl (C=O) groups is 3. The number of aromatic nitrogens is 1. The molecule has 16 heteroatoms. The lowest BCUT2D eigenvalue weighted by atomic mass is 9.93. The van der Waals surface area contributed by atoms with Gasteiger partial charge in [-0.25, -0.2) is 9.59 Å². The first-order valence-electron chi connectivity index (χ1n) is 9.21. The number of carboxylic acid groups (broad SMARTS) is 2. The van der Waals surface area contributed by atoms with Crippen molar-refractivity contribution in [2.75, 3.05) is 0 Å². The van der Waals surface area contributed by atoms with E-state index in [0.717, 1.165) is 24.3 Å². The molecule has 0 aliphatic heterocycles. The van der Waals surface area contributed by atoms with E-state index >= 15 is 8.78 Å². The van der Waals surface area contributed by atoms with Crippen molar-refractivity contribution in [2.24, 2.45) is 0 Å². The van der Waals surface area contributed by atoms with E-state index in [9.17, 15) is 56.7 Å². The van der Waals surface area contributed by atoms with E-state index in [1.54, 1.807) is 0 Å². The Morgan fingerprint density at radius 3 is 1.86 bits per heavy atom. The number of aromatic carboxylic acids is 2. The molecule has 0 aliphatic carbocycles. The maximum absolute atomic E-state index is 15.0. The number of rotatable bonds is 7. The molecule has 0 aliphatic rings. The predicted molar refractivity (Wildman–Crippen MR) is 103 cm³/mol. The molecule has 2 N–H and O–H groups in total. The molecule has 190 valence electrons. The average molecular weight is 522 g/mol. The van der Waals surface area contributed by atoms with Crippen LogP contribution in [0.25, 0.3) is 5.52 Å². The number of nitrogens with zero attached hydrogens (tertiary/aromatic N) is 2. The van der Waals surface area contributed by atoms with Crippen molar-refractivity contribution < 1.29 is 60.3 Å². The molecule has 0 fully saturated rings. The average Bonchev–Trinajstić information content (AvgIpc) is 3.13. The van der Waals surface area contributed by atoms with Crippen molar-refractivity contribution in [3.63, 3.8) is 0 Å². The van der Waals surface area contributed by atoms with Crippen LogP contribution in [-0.4, -0.2) is 49.4 Å². The van der Waals surface area contributed by atoms with E-state index in [1.165, 1.54) is 6.07 Å². The summed E-state index contributed by atoms with van der Waals surface area (Å²) in [7, 11) is 0. The summed E-state index contributed by atoms with van der Waals surface area (Å²) in [6.07, 6.45) is -6.97. The second kappa shape index (κ2) is 8.31. The minimum Gasteiger partial charge on any atom is -0.478 e. The lowest BCUT2D eigenvalue weighted by Crippen LogP contribution is -2.51. The van der Waals surface area contributed by atoms with Gasteiger partial charge in [0.05, 0.1) is 11.1 Å². The maximum atomic E-state index is 15.0. The number of alkyl halides is 7. The lowest BCUT2D eigenvalue weighted by Gasteiger charge is -2.28. The van der Waals surface area contributed by atoms with E-state index in [-0.39, 0.29) is 16.5 Å². The second-order valence-electron chi connectivity index (χ2n) is 7.13. The fourth-order valence-corrected chi connectivity index (χ4v) is 3.41. The molecular weight excluding hydrogens is 513 g/mol. The number of hydrogen-bond acceptors (Lipinski definition) is 5. The van der Waals surface area contributed by atoms with E-state index < -0.39 is 79.9 Å². The molecule has 0 saturated carbocycles. The predicted octanol–water partition coefficient (Wildman–Crippen LogP) is 4.76. The number of hydrogen-bond donors (Lipinski definition) is 2. The number of ketones is 1. The van der Waals surface area contributed by atoms with Gasteiger partial charge in [0, 0.05) is 17.7 Å². The lowest BCUT2D eigenvalue weighted by molar-refractivity contribution is -0.390. The van der Waals surface area contributed by atoms with Crippen LogP contribution in [0.4, 0.5) is 36.6 Å². The first-order valence-corrected chi connectivity index (χ1v) is 9.21. The van der Waals surface area contributed by atoms with Crippen molar-refractivity contribution in [3.8, 4) is 0 Å². The number of carbonyl (C=O) groups excluding carboxylic acids is 1. The Labute approximate surface area is 193 Å². The van der Waals surface area contributed by atoms with Crippen LogP contribution < -0.4 is 0 Å². The van der Waals surface area contributed by atoms with Crippen LogP contribution in [0.1, 0.15) is 42.3 Å². The zero-order chi connectivity index (χ0) is 27.4. The van der Waals surface area contributed by atoms with Gasteiger partial charge in [-0.2, -0.15) is 35.1 Å². The van der Waals surface area contributed by atoms with Gasteiger partial charge in [0.25, 0.3) is 0 Å². The maximum Gasteiger partial charge on any atom is 0.460 e. The SMILES string of the molecule is O=C(O)c1cc([N+](=O)[O-])n2c(C(=O)c3ccccc3)c(C(F)(F)C(F)(F)C(F)(F)F)c(C(=O)O)c2c1. The summed E-state index contributed by atoms with van der Waals surface area (Å²) in [6.45, 7) is 0. The number of benzene rings is 1. The third kappa shape index (κ3) is 3.79. The van der Waals surface area contributed by atoms with E-state index in [4.69, 9.17) is 0 Å². The Hall–Kier alpha value is -4.50. The summed E-state index contributed by atoms with van der Waals surface area (Å²) >= 11 is 0. The van der Waals surface area contributed by atoms with E-state index in [1.807, 2.05) is 0 Å². The summed E-state index contributed by atoms with van der Waals surface area (Å²) in [5.41, 5.74) is -9.79. The molecule has 0 saturated heterocycles. The minimum absolute atomic E-state index is 0.187. The number of nitro groups is 1. The number of pyridine rings is 1.